The standard InChI is InChI=1S/C19H20BrClN2O/c20-16-9-3-1-7-14(16)19(24)22-13-18(23-11-5-6-12-23)15-8-2-4-10-17(15)21/h1-4,7-10,18H,5-6,11-13H2,(H,22,24). The molecule has 1 heterocycles. The minimum Gasteiger partial charge on any atom is -0.350 e. The zero-order chi connectivity index (χ0) is 16.9. The highest BCUT2D eigenvalue weighted by molar-refractivity contribution is 9.10. The Kier molecular flexibility index (Phi) is 5.93. The van der Waals surface area contributed by atoms with Crippen LogP contribution < -0.4 is 5.32 Å². The van der Waals surface area contributed by atoms with E-state index in [0.29, 0.717) is 12.1 Å². The first-order chi connectivity index (χ1) is 11.7. The molecule has 2 aromatic carbocycles. The van der Waals surface area contributed by atoms with Gasteiger partial charge in [-0.15, -0.1) is 0 Å². The molecule has 0 saturated carbocycles. The molecule has 1 N–H and O–H groups in total. The number of carbonyl (C=O) groups excluding carboxylic acids is 1. The van der Waals surface area contributed by atoms with Crippen molar-refractivity contribution in [1.82, 2.24) is 10.2 Å². The predicted molar refractivity (Wildman–Crippen MR) is 101 cm³/mol. The van der Waals surface area contributed by atoms with Crippen molar-refractivity contribution in [2.24, 2.45) is 0 Å². The van der Waals surface area contributed by atoms with Crippen molar-refractivity contribution in [2.45, 2.75) is 18.9 Å². The van der Waals surface area contributed by atoms with Crippen LogP contribution in [0.4, 0.5) is 0 Å². The third-order valence-electron chi connectivity index (χ3n) is 4.42. The SMILES string of the molecule is O=C(NCC(c1ccccc1Cl)N1CCCC1)c1ccccc1Br. The van der Waals surface area contributed by atoms with Gasteiger partial charge in [-0.25, -0.2) is 0 Å². The second kappa shape index (κ2) is 8.15. The smallest absolute Gasteiger partial charge is 0.252 e. The van der Waals surface area contributed by atoms with E-state index >= 15 is 0 Å². The largest absolute Gasteiger partial charge is 0.350 e. The number of likely N-dealkylation sites (tertiary alicyclic amines) is 1. The molecule has 0 spiro atoms. The normalized spacial score (nSPS) is 16.1. The summed E-state index contributed by atoms with van der Waals surface area (Å²) in [5.74, 6) is -0.0706. The summed E-state index contributed by atoms with van der Waals surface area (Å²) in [4.78, 5) is 14.9. The van der Waals surface area contributed by atoms with Crippen molar-refractivity contribution in [3.05, 3.63) is 69.2 Å². The van der Waals surface area contributed by atoms with Gasteiger partial charge in [0.25, 0.3) is 5.91 Å². The maximum Gasteiger partial charge on any atom is 0.252 e. The summed E-state index contributed by atoms with van der Waals surface area (Å²) in [6.45, 7) is 2.63. The van der Waals surface area contributed by atoms with Gasteiger partial charge in [0.1, 0.15) is 0 Å². The number of halogens is 2. The van der Waals surface area contributed by atoms with Crippen LogP contribution in [0.25, 0.3) is 0 Å². The summed E-state index contributed by atoms with van der Waals surface area (Å²) in [6, 6.07) is 15.5. The Morgan fingerprint density at radius 1 is 1.12 bits per heavy atom. The van der Waals surface area contributed by atoms with Gasteiger partial charge < -0.3 is 5.32 Å². The lowest BCUT2D eigenvalue weighted by atomic mass is 10.0. The van der Waals surface area contributed by atoms with Crippen molar-refractivity contribution in [3.8, 4) is 0 Å². The average Bonchev–Trinajstić information content (AvgIpc) is 3.11. The first-order valence-electron chi connectivity index (χ1n) is 8.18. The molecule has 1 aliphatic rings. The Morgan fingerprint density at radius 2 is 1.79 bits per heavy atom. The number of hydrogen-bond acceptors (Lipinski definition) is 2. The summed E-state index contributed by atoms with van der Waals surface area (Å²) >= 11 is 9.84. The van der Waals surface area contributed by atoms with Crippen LogP contribution in [-0.4, -0.2) is 30.4 Å². The molecule has 1 unspecified atom stereocenters. The first-order valence-corrected chi connectivity index (χ1v) is 9.35. The molecule has 3 nitrogen and oxygen atoms in total. The molecule has 3 rings (SSSR count). The monoisotopic (exact) mass is 406 g/mol. The van der Waals surface area contributed by atoms with E-state index in [2.05, 4.69) is 32.2 Å². The molecule has 24 heavy (non-hydrogen) atoms. The fourth-order valence-corrected chi connectivity index (χ4v) is 3.89. The molecule has 0 aliphatic carbocycles. The fourth-order valence-electron chi connectivity index (χ4n) is 3.16. The minimum absolute atomic E-state index is 0.0706. The summed E-state index contributed by atoms with van der Waals surface area (Å²) in [5, 5.41) is 3.83. The van der Waals surface area contributed by atoms with Gasteiger partial charge in [-0.3, -0.25) is 9.69 Å². The van der Waals surface area contributed by atoms with Gasteiger partial charge in [0, 0.05) is 16.0 Å². The lowest BCUT2D eigenvalue weighted by Gasteiger charge is -2.29. The Labute approximate surface area is 156 Å². The molecule has 1 fully saturated rings. The molecule has 0 radical (unpaired) electrons. The van der Waals surface area contributed by atoms with Crippen LogP contribution in [-0.2, 0) is 0 Å². The first kappa shape index (κ1) is 17.5. The maximum atomic E-state index is 12.5. The van der Waals surface area contributed by atoms with Gasteiger partial charge >= 0.3 is 0 Å². The Hall–Kier alpha value is -1.36. The third kappa shape index (κ3) is 4.00. The molecule has 1 aliphatic heterocycles. The topological polar surface area (TPSA) is 32.3 Å². The van der Waals surface area contributed by atoms with Gasteiger partial charge in [0.15, 0.2) is 0 Å². The van der Waals surface area contributed by atoms with Gasteiger partial charge in [-0.1, -0.05) is 41.9 Å². The Morgan fingerprint density at radius 3 is 2.50 bits per heavy atom. The number of benzene rings is 2. The fraction of sp³-hybridized carbons (Fsp3) is 0.316. The van der Waals surface area contributed by atoms with E-state index < -0.39 is 0 Å². The Bertz CT molecular complexity index is 716. The van der Waals surface area contributed by atoms with E-state index in [-0.39, 0.29) is 11.9 Å². The summed E-state index contributed by atoms with van der Waals surface area (Å²) in [5.41, 5.74) is 1.73. The van der Waals surface area contributed by atoms with Gasteiger partial charge in [-0.05, 0) is 65.6 Å². The quantitative estimate of drug-likeness (QED) is 0.781. The van der Waals surface area contributed by atoms with Crippen LogP contribution in [0.1, 0.15) is 34.8 Å². The molecular formula is C19H20BrClN2O. The van der Waals surface area contributed by atoms with E-state index in [4.69, 9.17) is 11.6 Å². The number of amides is 1. The summed E-state index contributed by atoms with van der Waals surface area (Å²) < 4.78 is 0.804. The van der Waals surface area contributed by atoms with Crippen LogP contribution in [0.15, 0.2) is 53.0 Å². The van der Waals surface area contributed by atoms with Crippen LogP contribution in [0.3, 0.4) is 0 Å². The second-order valence-corrected chi connectivity index (χ2v) is 7.23. The third-order valence-corrected chi connectivity index (χ3v) is 5.46. The van der Waals surface area contributed by atoms with E-state index in [1.54, 1.807) is 0 Å². The summed E-state index contributed by atoms with van der Waals surface area (Å²) in [6.07, 6.45) is 2.39. The molecule has 0 aromatic heterocycles. The van der Waals surface area contributed by atoms with Crippen molar-refractivity contribution >= 4 is 33.4 Å². The van der Waals surface area contributed by atoms with Gasteiger partial charge in [0.05, 0.1) is 11.6 Å². The predicted octanol–water partition coefficient (Wildman–Crippen LogP) is 4.67. The van der Waals surface area contributed by atoms with Crippen molar-refractivity contribution in [2.75, 3.05) is 19.6 Å². The maximum absolute atomic E-state index is 12.5. The highest BCUT2D eigenvalue weighted by atomic mass is 79.9. The number of carbonyl (C=O) groups is 1. The van der Waals surface area contributed by atoms with Crippen LogP contribution >= 0.6 is 27.5 Å². The van der Waals surface area contributed by atoms with Crippen molar-refractivity contribution in [3.63, 3.8) is 0 Å². The lowest BCUT2D eigenvalue weighted by molar-refractivity contribution is 0.0937. The van der Waals surface area contributed by atoms with E-state index in [1.165, 1.54) is 12.8 Å². The average molecular weight is 408 g/mol. The number of rotatable bonds is 5. The van der Waals surface area contributed by atoms with E-state index in [0.717, 1.165) is 28.1 Å². The van der Waals surface area contributed by atoms with Crippen LogP contribution in [0.5, 0.6) is 0 Å². The molecule has 2 aromatic rings. The number of nitrogens with zero attached hydrogens (tertiary/aromatic N) is 1. The molecule has 126 valence electrons. The van der Waals surface area contributed by atoms with E-state index in [1.807, 2.05) is 42.5 Å². The van der Waals surface area contributed by atoms with E-state index in [9.17, 15) is 4.79 Å². The lowest BCUT2D eigenvalue weighted by Crippen LogP contribution is -2.37. The van der Waals surface area contributed by atoms with Gasteiger partial charge in [-0.2, -0.15) is 0 Å². The van der Waals surface area contributed by atoms with Crippen molar-refractivity contribution < 1.29 is 4.79 Å². The highest BCUT2D eigenvalue weighted by Crippen LogP contribution is 2.29. The zero-order valence-corrected chi connectivity index (χ0v) is 15.7. The molecule has 1 saturated heterocycles. The zero-order valence-electron chi connectivity index (χ0n) is 13.3. The molecular weight excluding hydrogens is 388 g/mol. The number of nitrogens with one attached hydrogen (secondary N) is 1. The second-order valence-electron chi connectivity index (χ2n) is 5.97. The van der Waals surface area contributed by atoms with Crippen molar-refractivity contribution in [1.29, 1.82) is 0 Å². The Balaban J connectivity index is 1.76. The van der Waals surface area contributed by atoms with Crippen LogP contribution in [0, 0.1) is 0 Å². The van der Waals surface area contributed by atoms with Crippen LogP contribution in [0.2, 0.25) is 5.02 Å². The summed E-state index contributed by atoms with van der Waals surface area (Å²) in [7, 11) is 0. The minimum atomic E-state index is -0.0706. The molecule has 1 atom stereocenters. The number of hydrogen-bond donors (Lipinski definition) is 1. The van der Waals surface area contributed by atoms with Gasteiger partial charge in [0.2, 0.25) is 0 Å². The highest BCUT2D eigenvalue weighted by Gasteiger charge is 2.25. The molecule has 5 heteroatoms. The molecule has 0 bridgehead atoms. The molecule has 1 amide bonds.